The van der Waals surface area contributed by atoms with Gasteiger partial charge in [-0.2, -0.15) is 0 Å². The molecule has 182 valence electrons. The Balaban J connectivity index is 1.62. The summed E-state index contributed by atoms with van der Waals surface area (Å²) < 4.78 is 5.52. The fraction of sp³-hybridized carbons (Fsp3) is 0.222. The monoisotopic (exact) mass is 475 g/mol. The summed E-state index contributed by atoms with van der Waals surface area (Å²) in [5, 5.41) is 17.4. The number of aliphatic carboxylic acids is 1. The van der Waals surface area contributed by atoms with Crippen LogP contribution >= 0.6 is 0 Å². The summed E-state index contributed by atoms with van der Waals surface area (Å²) in [6.45, 7) is 5.85. The molecule has 0 aliphatic rings. The summed E-state index contributed by atoms with van der Waals surface area (Å²) >= 11 is 0. The fourth-order valence-corrected chi connectivity index (χ4v) is 3.43. The maximum atomic E-state index is 12.4. The molecule has 0 heterocycles. The Morgan fingerprint density at radius 2 is 1.46 bits per heavy atom. The van der Waals surface area contributed by atoms with Crippen LogP contribution in [-0.2, 0) is 4.79 Å². The van der Waals surface area contributed by atoms with Crippen molar-refractivity contribution >= 4 is 29.3 Å². The number of urea groups is 1. The number of anilines is 2. The molecule has 3 amide bonds. The molecular formula is C27H29N3O5. The molecule has 8 nitrogen and oxygen atoms in total. The van der Waals surface area contributed by atoms with Crippen LogP contribution in [0, 0.1) is 5.92 Å². The van der Waals surface area contributed by atoms with Gasteiger partial charge in [0.2, 0.25) is 0 Å². The third-order valence-electron chi connectivity index (χ3n) is 5.28. The number of rotatable bonds is 9. The second kappa shape index (κ2) is 11.7. The van der Waals surface area contributed by atoms with E-state index in [1.165, 1.54) is 0 Å². The molecule has 3 rings (SSSR count). The number of benzene rings is 3. The number of hydrogen-bond donors (Lipinski definition) is 4. The summed E-state index contributed by atoms with van der Waals surface area (Å²) in [5.74, 6) is -1.13. The van der Waals surface area contributed by atoms with Crippen molar-refractivity contribution in [2.24, 2.45) is 5.92 Å². The zero-order valence-electron chi connectivity index (χ0n) is 19.9. The molecule has 3 aromatic carbocycles. The third-order valence-corrected chi connectivity index (χ3v) is 5.28. The molecule has 0 saturated heterocycles. The molecule has 0 aliphatic heterocycles. The molecule has 0 spiro atoms. The summed E-state index contributed by atoms with van der Waals surface area (Å²) in [6, 6.07) is 20.0. The minimum Gasteiger partial charge on any atom is -0.492 e. The first-order valence-corrected chi connectivity index (χ1v) is 11.3. The normalized spacial score (nSPS) is 11.4. The molecule has 35 heavy (non-hydrogen) atoms. The largest absolute Gasteiger partial charge is 0.492 e. The summed E-state index contributed by atoms with van der Waals surface area (Å²) in [7, 11) is 0. The van der Waals surface area contributed by atoms with E-state index < -0.39 is 17.9 Å². The van der Waals surface area contributed by atoms with Crippen LogP contribution in [0.2, 0.25) is 0 Å². The molecule has 0 unspecified atom stereocenters. The molecule has 0 fully saturated rings. The summed E-state index contributed by atoms with van der Waals surface area (Å²) in [4.78, 5) is 36.1. The van der Waals surface area contributed by atoms with Crippen LogP contribution in [-0.4, -0.2) is 35.7 Å². The van der Waals surface area contributed by atoms with Gasteiger partial charge in [0.1, 0.15) is 11.8 Å². The molecule has 0 bridgehead atoms. The van der Waals surface area contributed by atoms with Crippen LogP contribution in [0.5, 0.6) is 5.75 Å². The van der Waals surface area contributed by atoms with Gasteiger partial charge in [-0.3, -0.25) is 4.79 Å². The maximum absolute atomic E-state index is 12.4. The Bertz CT molecular complexity index is 1170. The number of nitrogens with one attached hydrogen (secondary N) is 3. The first kappa shape index (κ1) is 25.3. The highest BCUT2D eigenvalue weighted by atomic mass is 16.5. The number of carboxylic acid groups (broad SMARTS) is 1. The van der Waals surface area contributed by atoms with E-state index in [1.54, 1.807) is 62.4 Å². The topological polar surface area (TPSA) is 117 Å². The second-order valence-corrected chi connectivity index (χ2v) is 8.20. The van der Waals surface area contributed by atoms with Crippen molar-refractivity contribution in [3.05, 3.63) is 78.4 Å². The van der Waals surface area contributed by atoms with Crippen LogP contribution in [0.25, 0.3) is 11.1 Å². The van der Waals surface area contributed by atoms with Crippen LogP contribution < -0.4 is 20.7 Å². The molecule has 4 N–H and O–H groups in total. The lowest BCUT2D eigenvalue weighted by Crippen LogP contribution is -2.44. The predicted molar refractivity (Wildman–Crippen MR) is 136 cm³/mol. The van der Waals surface area contributed by atoms with Crippen molar-refractivity contribution in [2.45, 2.75) is 26.8 Å². The number of carbonyl (C=O) groups is 3. The molecule has 0 aliphatic carbocycles. The second-order valence-electron chi connectivity index (χ2n) is 8.20. The smallest absolute Gasteiger partial charge is 0.326 e. The Kier molecular flexibility index (Phi) is 8.45. The van der Waals surface area contributed by atoms with E-state index >= 15 is 0 Å². The van der Waals surface area contributed by atoms with E-state index in [0.717, 1.165) is 11.1 Å². The molecule has 3 aromatic rings. The zero-order valence-corrected chi connectivity index (χ0v) is 19.9. The van der Waals surface area contributed by atoms with Crippen molar-refractivity contribution in [1.82, 2.24) is 5.32 Å². The fourth-order valence-electron chi connectivity index (χ4n) is 3.43. The van der Waals surface area contributed by atoms with E-state index in [0.29, 0.717) is 29.3 Å². The number of carboxylic acids is 1. The van der Waals surface area contributed by atoms with Gasteiger partial charge in [0.25, 0.3) is 5.91 Å². The molecule has 1 atom stereocenters. The van der Waals surface area contributed by atoms with E-state index in [-0.39, 0.29) is 11.9 Å². The number of ether oxygens (including phenoxy) is 1. The Labute approximate surface area is 204 Å². The summed E-state index contributed by atoms with van der Waals surface area (Å²) in [5.41, 5.74) is 3.35. The van der Waals surface area contributed by atoms with E-state index in [4.69, 9.17) is 4.74 Å². The van der Waals surface area contributed by atoms with Gasteiger partial charge in [-0.1, -0.05) is 50.2 Å². The standard InChI is InChI=1S/C27H29N3O5/c1-4-35-23-8-6-5-7-22(23)29-27(34)28-21-15-13-19(14-16-21)18-9-11-20(12-10-18)25(31)30-24(17(2)3)26(32)33/h5-17,24H,4H2,1-3H3,(H,30,31)(H,32,33)(H2,28,29,34)/t24-/m0/s1. The minimum atomic E-state index is -1.06. The van der Waals surface area contributed by atoms with Crippen molar-refractivity contribution < 1.29 is 24.2 Å². The van der Waals surface area contributed by atoms with Crippen molar-refractivity contribution in [3.63, 3.8) is 0 Å². The summed E-state index contributed by atoms with van der Waals surface area (Å²) in [6.07, 6.45) is 0. The highest BCUT2D eigenvalue weighted by molar-refractivity contribution is 6.01. The van der Waals surface area contributed by atoms with Gasteiger partial charge < -0.3 is 25.8 Å². The van der Waals surface area contributed by atoms with Crippen LogP contribution in [0.15, 0.2) is 72.8 Å². The Hall–Kier alpha value is -4.33. The minimum absolute atomic E-state index is 0.232. The third kappa shape index (κ3) is 6.83. The number of hydrogen-bond acceptors (Lipinski definition) is 4. The van der Waals surface area contributed by atoms with Crippen molar-refractivity contribution in [1.29, 1.82) is 0 Å². The predicted octanol–water partition coefficient (Wildman–Crippen LogP) is 5.24. The highest BCUT2D eigenvalue weighted by Crippen LogP contribution is 2.25. The maximum Gasteiger partial charge on any atom is 0.326 e. The quantitative estimate of drug-likeness (QED) is 0.338. The lowest BCUT2D eigenvalue weighted by molar-refractivity contribution is -0.140. The number of amides is 3. The average Bonchev–Trinajstić information content (AvgIpc) is 2.84. The average molecular weight is 476 g/mol. The SMILES string of the molecule is CCOc1ccccc1NC(=O)Nc1ccc(-c2ccc(C(=O)N[C@H](C(=O)O)C(C)C)cc2)cc1. The van der Waals surface area contributed by atoms with E-state index in [2.05, 4.69) is 16.0 Å². The first-order valence-electron chi connectivity index (χ1n) is 11.3. The van der Waals surface area contributed by atoms with Gasteiger partial charge in [0, 0.05) is 11.3 Å². The lowest BCUT2D eigenvalue weighted by Gasteiger charge is -2.18. The van der Waals surface area contributed by atoms with Gasteiger partial charge in [-0.15, -0.1) is 0 Å². The van der Waals surface area contributed by atoms with Gasteiger partial charge in [-0.05, 0) is 60.4 Å². The lowest BCUT2D eigenvalue weighted by atomic mass is 10.0. The highest BCUT2D eigenvalue weighted by Gasteiger charge is 2.23. The molecular weight excluding hydrogens is 446 g/mol. The molecule has 0 saturated carbocycles. The van der Waals surface area contributed by atoms with Crippen molar-refractivity contribution in [2.75, 3.05) is 17.2 Å². The molecule has 0 aromatic heterocycles. The zero-order chi connectivity index (χ0) is 25.4. The van der Waals surface area contributed by atoms with Crippen molar-refractivity contribution in [3.8, 4) is 16.9 Å². The van der Waals surface area contributed by atoms with E-state index in [9.17, 15) is 19.5 Å². The van der Waals surface area contributed by atoms with Gasteiger partial charge in [-0.25, -0.2) is 9.59 Å². The van der Waals surface area contributed by atoms with E-state index in [1.807, 2.05) is 31.2 Å². The van der Waals surface area contributed by atoms with Crippen LogP contribution in [0.1, 0.15) is 31.1 Å². The molecule has 0 radical (unpaired) electrons. The first-order chi connectivity index (χ1) is 16.8. The van der Waals surface area contributed by atoms with Gasteiger partial charge in [0.15, 0.2) is 0 Å². The van der Waals surface area contributed by atoms with Gasteiger partial charge >= 0.3 is 12.0 Å². The van der Waals surface area contributed by atoms with Gasteiger partial charge in [0.05, 0.1) is 12.3 Å². The number of para-hydroxylation sites is 2. The van der Waals surface area contributed by atoms with Crippen LogP contribution in [0.4, 0.5) is 16.2 Å². The molecule has 8 heteroatoms. The Morgan fingerprint density at radius 1 is 0.857 bits per heavy atom. The van der Waals surface area contributed by atoms with Crippen LogP contribution in [0.3, 0.4) is 0 Å². The Morgan fingerprint density at radius 3 is 2.03 bits per heavy atom. The number of carbonyl (C=O) groups excluding carboxylic acids is 2.